The number of rotatable bonds is 7. The zero-order valence-electron chi connectivity index (χ0n) is 21.1. The lowest BCUT2D eigenvalue weighted by Gasteiger charge is -2.37. The molecule has 0 atom stereocenters. The van der Waals surface area contributed by atoms with Crippen LogP contribution in [-0.2, 0) is 11.9 Å². The molecule has 1 fully saturated rings. The maximum atomic E-state index is 13.1. The molecule has 2 aromatic carbocycles. The number of benzene rings is 2. The molecule has 1 aromatic heterocycles. The van der Waals surface area contributed by atoms with Crippen molar-refractivity contribution in [2.24, 2.45) is 0 Å². The van der Waals surface area contributed by atoms with Gasteiger partial charge in [0.05, 0.1) is 5.56 Å². The molecule has 196 valence electrons. The molecule has 0 spiro atoms. The Bertz CT molecular complexity index is 1240. The molecule has 10 heteroatoms. The van der Waals surface area contributed by atoms with Crippen LogP contribution in [0.2, 0.25) is 0 Å². The Morgan fingerprint density at radius 1 is 1.00 bits per heavy atom. The molecule has 1 aliphatic heterocycles. The highest BCUT2D eigenvalue weighted by Gasteiger charge is 2.31. The van der Waals surface area contributed by atoms with Crippen LogP contribution in [0.3, 0.4) is 0 Å². The summed E-state index contributed by atoms with van der Waals surface area (Å²) in [7, 11) is 1.78. The number of aryl methyl sites for hydroxylation is 1. The Kier molecular flexibility index (Phi) is 8.26. The van der Waals surface area contributed by atoms with Gasteiger partial charge in [-0.25, -0.2) is 9.97 Å². The van der Waals surface area contributed by atoms with Gasteiger partial charge in [0.25, 0.3) is 5.91 Å². The van der Waals surface area contributed by atoms with Crippen molar-refractivity contribution in [3.05, 3.63) is 77.0 Å². The summed E-state index contributed by atoms with van der Waals surface area (Å²) in [6, 6.07) is 15.0. The van der Waals surface area contributed by atoms with Gasteiger partial charge in [0, 0.05) is 68.5 Å². The van der Waals surface area contributed by atoms with Gasteiger partial charge in [-0.1, -0.05) is 30.0 Å². The van der Waals surface area contributed by atoms with Gasteiger partial charge in [0.1, 0.15) is 5.82 Å². The Hall–Kier alpha value is -3.27. The van der Waals surface area contributed by atoms with E-state index >= 15 is 0 Å². The van der Waals surface area contributed by atoms with Gasteiger partial charge in [-0.3, -0.25) is 4.79 Å². The van der Waals surface area contributed by atoms with Gasteiger partial charge >= 0.3 is 6.18 Å². The van der Waals surface area contributed by atoms with Gasteiger partial charge < -0.3 is 14.7 Å². The largest absolute Gasteiger partial charge is 0.416 e. The number of alkyl halides is 3. The fourth-order valence-electron chi connectivity index (χ4n) is 4.13. The Balaban J connectivity index is 1.40. The molecule has 2 heterocycles. The Labute approximate surface area is 219 Å². The van der Waals surface area contributed by atoms with Gasteiger partial charge in [-0.15, -0.1) is 0 Å². The molecule has 0 N–H and O–H groups in total. The van der Waals surface area contributed by atoms with Crippen molar-refractivity contribution >= 4 is 29.2 Å². The van der Waals surface area contributed by atoms with E-state index in [9.17, 15) is 18.0 Å². The molecular weight excluding hydrogens is 499 g/mol. The third kappa shape index (κ3) is 6.74. The summed E-state index contributed by atoms with van der Waals surface area (Å²) in [5, 5.41) is 0.651. The quantitative estimate of drug-likeness (QED) is 0.297. The predicted octanol–water partition coefficient (Wildman–Crippen LogP) is 5.51. The molecular formula is C27H30F3N5OS. The fourth-order valence-corrected chi connectivity index (χ4v) is 4.97. The minimum Gasteiger partial charge on any atom is -0.368 e. The highest BCUT2D eigenvalue weighted by molar-refractivity contribution is 7.98. The van der Waals surface area contributed by atoms with Crippen LogP contribution in [0.5, 0.6) is 0 Å². The molecule has 0 bridgehead atoms. The highest BCUT2D eigenvalue weighted by atomic mass is 32.2. The first-order valence-electron chi connectivity index (χ1n) is 12.1. The lowest BCUT2D eigenvalue weighted by atomic mass is 10.1. The number of anilines is 2. The summed E-state index contributed by atoms with van der Waals surface area (Å²) >= 11 is 1.51. The van der Waals surface area contributed by atoms with Gasteiger partial charge in [0.2, 0.25) is 0 Å². The predicted molar refractivity (Wildman–Crippen MR) is 141 cm³/mol. The number of carbonyl (C=O) groups excluding carboxylic acids is 1. The Morgan fingerprint density at radius 2 is 1.70 bits per heavy atom. The van der Waals surface area contributed by atoms with Gasteiger partial charge in [-0.05, 0) is 49.7 Å². The first-order valence-corrected chi connectivity index (χ1v) is 13.1. The third-order valence-corrected chi connectivity index (χ3v) is 7.24. The monoisotopic (exact) mass is 529 g/mol. The average molecular weight is 530 g/mol. The van der Waals surface area contributed by atoms with Crippen LogP contribution in [0.15, 0.2) is 59.8 Å². The lowest BCUT2D eigenvalue weighted by molar-refractivity contribution is -0.137. The summed E-state index contributed by atoms with van der Waals surface area (Å²) in [6.07, 6.45) is -4.35. The topological polar surface area (TPSA) is 52.6 Å². The third-order valence-electron chi connectivity index (χ3n) is 6.33. The average Bonchev–Trinajstić information content (AvgIpc) is 2.90. The minimum absolute atomic E-state index is 0.00674. The number of hydrogen-bond acceptors (Lipinski definition) is 6. The first-order chi connectivity index (χ1) is 17.6. The first kappa shape index (κ1) is 26.8. The molecule has 6 nitrogen and oxygen atoms in total. The second-order valence-corrected chi connectivity index (χ2v) is 9.92. The maximum absolute atomic E-state index is 13.1. The molecule has 1 saturated heterocycles. The summed E-state index contributed by atoms with van der Waals surface area (Å²) in [4.78, 5) is 27.6. The van der Waals surface area contributed by atoms with E-state index in [4.69, 9.17) is 4.98 Å². The summed E-state index contributed by atoms with van der Waals surface area (Å²) in [5.74, 6) is 1.43. The van der Waals surface area contributed by atoms with Gasteiger partial charge in [0.15, 0.2) is 5.16 Å². The van der Waals surface area contributed by atoms with E-state index in [1.54, 1.807) is 18.0 Å². The summed E-state index contributed by atoms with van der Waals surface area (Å²) in [6.45, 7) is 6.99. The van der Waals surface area contributed by atoms with Crippen LogP contribution in [0.4, 0.5) is 24.7 Å². The van der Waals surface area contributed by atoms with Crippen LogP contribution < -0.4 is 9.80 Å². The number of carbonyl (C=O) groups is 1. The second-order valence-electron chi connectivity index (χ2n) is 8.98. The number of piperazine rings is 1. The molecule has 3 aromatic rings. The summed E-state index contributed by atoms with van der Waals surface area (Å²) < 4.78 is 39.3. The number of amides is 1. The Morgan fingerprint density at radius 3 is 2.41 bits per heavy atom. The van der Waals surface area contributed by atoms with Crippen molar-refractivity contribution in [2.75, 3.05) is 49.6 Å². The zero-order chi connectivity index (χ0) is 26.6. The molecule has 1 aliphatic rings. The molecule has 37 heavy (non-hydrogen) atoms. The molecule has 0 aliphatic carbocycles. The molecule has 0 unspecified atom stereocenters. The van der Waals surface area contributed by atoms with Crippen LogP contribution in [0, 0.1) is 6.92 Å². The SMILES string of the molecule is CCN(C)C(=O)c1cccc(CSc2nc(C)cc(N3CCN(c4cccc(C(F)(F)F)c4)CC3)n2)c1. The van der Waals surface area contributed by atoms with Crippen LogP contribution in [0.1, 0.15) is 34.1 Å². The van der Waals surface area contributed by atoms with E-state index in [1.165, 1.54) is 23.9 Å². The number of hydrogen-bond donors (Lipinski definition) is 0. The van der Waals surface area contributed by atoms with Crippen molar-refractivity contribution < 1.29 is 18.0 Å². The highest BCUT2D eigenvalue weighted by Crippen LogP contribution is 2.32. The van der Waals surface area contributed by atoms with E-state index in [2.05, 4.69) is 9.88 Å². The molecule has 0 radical (unpaired) electrons. The van der Waals surface area contributed by atoms with Crippen molar-refractivity contribution in [1.29, 1.82) is 0 Å². The van der Waals surface area contributed by atoms with Crippen LogP contribution >= 0.6 is 11.8 Å². The van der Waals surface area contributed by atoms with E-state index in [0.29, 0.717) is 54.9 Å². The number of thioether (sulfide) groups is 1. The molecule has 4 rings (SSSR count). The van der Waals surface area contributed by atoms with E-state index in [-0.39, 0.29) is 5.91 Å². The van der Waals surface area contributed by atoms with Crippen molar-refractivity contribution in [3.8, 4) is 0 Å². The fraction of sp³-hybridized carbons (Fsp3) is 0.370. The van der Waals surface area contributed by atoms with Crippen molar-refractivity contribution in [2.45, 2.75) is 30.9 Å². The maximum Gasteiger partial charge on any atom is 0.416 e. The normalized spacial score (nSPS) is 14.1. The van der Waals surface area contributed by atoms with Crippen molar-refractivity contribution in [3.63, 3.8) is 0 Å². The lowest BCUT2D eigenvalue weighted by Crippen LogP contribution is -2.47. The molecule has 1 amide bonds. The van der Waals surface area contributed by atoms with E-state index in [0.717, 1.165) is 23.1 Å². The van der Waals surface area contributed by atoms with E-state index < -0.39 is 11.7 Å². The molecule has 0 saturated carbocycles. The van der Waals surface area contributed by atoms with Gasteiger partial charge in [-0.2, -0.15) is 13.2 Å². The summed E-state index contributed by atoms with van der Waals surface area (Å²) in [5.41, 5.74) is 2.47. The second kappa shape index (κ2) is 11.4. The number of halogens is 3. The minimum atomic E-state index is -4.35. The number of nitrogens with zero attached hydrogens (tertiary/aromatic N) is 5. The van der Waals surface area contributed by atoms with Crippen LogP contribution in [0.25, 0.3) is 0 Å². The smallest absolute Gasteiger partial charge is 0.368 e. The standard InChI is InChI=1S/C27H30F3N5OS/c1-4-33(3)25(36)21-8-5-7-20(16-21)18-37-26-31-19(2)15-24(32-26)35-13-11-34(12-14-35)23-10-6-9-22(17-23)27(28,29)30/h5-10,15-17H,4,11-14,18H2,1-3H3. The van der Waals surface area contributed by atoms with Crippen LogP contribution in [-0.4, -0.2) is 60.5 Å². The number of aromatic nitrogens is 2. The zero-order valence-corrected chi connectivity index (χ0v) is 21.9. The van der Waals surface area contributed by atoms with Crippen molar-refractivity contribution in [1.82, 2.24) is 14.9 Å². The van der Waals surface area contributed by atoms with E-state index in [1.807, 2.05) is 49.1 Å².